The van der Waals surface area contributed by atoms with Gasteiger partial charge in [0.15, 0.2) is 29.3 Å². The number of fused-ring (bicyclic) bond motifs is 1. The van der Waals surface area contributed by atoms with Gasteiger partial charge in [-0.1, -0.05) is 13.3 Å². The highest BCUT2D eigenvalue weighted by Gasteiger charge is 2.65. The molecule has 1 aromatic rings. The summed E-state index contributed by atoms with van der Waals surface area (Å²) in [5.74, 6) is -11.3. The van der Waals surface area contributed by atoms with Crippen LogP contribution in [-0.4, -0.2) is 17.8 Å². The molecule has 2 saturated carbocycles. The summed E-state index contributed by atoms with van der Waals surface area (Å²) in [7, 11) is 0. The number of benzene rings is 1. The molecule has 2 aliphatic carbocycles. The highest BCUT2D eigenvalue weighted by molar-refractivity contribution is 5.27. The standard InChI is InChI=1S/C19H21F7/c1-2-3-12-4-5-13-6-11(9-18(13,24)17(23)19(12,25)26)10-7-14(20)16(22)15(21)8-10/h7-8,11-13,17H,2-6,9H2,1H3. The molecule has 0 N–H and O–H groups in total. The van der Waals surface area contributed by atoms with E-state index in [1.54, 1.807) is 6.92 Å². The molecular weight excluding hydrogens is 361 g/mol. The van der Waals surface area contributed by atoms with Crippen molar-refractivity contribution in [3.8, 4) is 0 Å². The summed E-state index contributed by atoms with van der Waals surface area (Å²) in [6, 6.07) is 1.48. The molecule has 0 radical (unpaired) electrons. The van der Waals surface area contributed by atoms with E-state index in [1.807, 2.05) is 0 Å². The SMILES string of the molecule is CCCC1CCC2CC(c3cc(F)c(F)c(F)c3)CC2(F)C(F)C1(F)F. The van der Waals surface area contributed by atoms with Crippen LogP contribution in [0.1, 0.15) is 56.9 Å². The Labute approximate surface area is 147 Å². The predicted octanol–water partition coefficient (Wildman–Crippen LogP) is 6.49. The van der Waals surface area contributed by atoms with Crippen molar-refractivity contribution in [3.63, 3.8) is 0 Å². The number of rotatable bonds is 3. The molecule has 2 fully saturated rings. The Hall–Kier alpha value is -1.27. The summed E-state index contributed by atoms with van der Waals surface area (Å²) in [6.45, 7) is 1.72. The lowest BCUT2D eigenvalue weighted by atomic mass is 9.84. The Morgan fingerprint density at radius 3 is 2.23 bits per heavy atom. The van der Waals surface area contributed by atoms with Crippen LogP contribution in [0.4, 0.5) is 30.7 Å². The minimum Gasteiger partial charge on any atom is -0.240 e. The monoisotopic (exact) mass is 382 g/mol. The normalized spacial score (nSPS) is 36.6. The number of halogens is 7. The Bertz CT molecular complexity index is 651. The summed E-state index contributed by atoms with van der Waals surface area (Å²) in [5.41, 5.74) is -2.77. The molecule has 7 heteroatoms. The van der Waals surface area contributed by atoms with Crippen molar-refractivity contribution in [1.29, 1.82) is 0 Å². The van der Waals surface area contributed by atoms with Crippen LogP contribution in [0.15, 0.2) is 12.1 Å². The van der Waals surface area contributed by atoms with Crippen LogP contribution < -0.4 is 0 Å². The van der Waals surface area contributed by atoms with Crippen LogP contribution in [0, 0.1) is 29.3 Å². The van der Waals surface area contributed by atoms with Crippen LogP contribution in [0.5, 0.6) is 0 Å². The average molecular weight is 382 g/mol. The van der Waals surface area contributed by atoms with Gasteiger partial charge in [-0.15, -0.1) is 0 Å². The topological polar surface area (TPSA) is 0 Å². The maximum Gasteiger partial charge on any atom is 0.284 e. The number of hydrogen-bond donors (Lipinski definition) is 0. The van der Waals surface area contributed by atoms with E-state index < -0.39 is 59.4 Å². The van der Waals surface area contributed by atoms with Gasteiger partial charge in [0.1, 0.15) is 0 Å². The molecule has 0 amide bonds. The molecule has 2 aliphatic rings. The molecule has 5 unspecified atom stereocenters. The van der Waals surface area contributed by atoms with Gasteiger partial charge in [0, 0.05) is 5.92 Å². The van der Waals surface area contributed by atoms with Gasteiger partial charge in [-0.25, -0.2) is 30.7 Å². The summed E-state index contributed by atoms with van der Waals surface area (Å²) in [4.78, 5) is 0. The highest BCUT2D eigenvalue weighted by atomic mass is 19.3. The van der Waals surface area contributed by atoms with Gasteiger partial charge >= 0.3 is 0 Å². The summed E-state index contributed by atoms with van der Waals surface area (Å²) in [6.07, 6.45) is -2.86. The first-order chi connectivity index (χ1) is 12.1. The zero-order chi connectivity index (χ0) is 19.3. The molecule has 0 spiro atoms. The maximum atomic E-state index is 15.4. The quantitative estimate of drug-likeness (QED) is 0.414. The van der Waals surface area contributed by atoms with Crippen LogP contribution in [0.3, 0.4) is 0 Å². The highest BCUT2D eigenvalue weighted by Crippen LogP contribution is 2.58. The van der Waals surface area contributed by atoms with E-state index in [0.717, 1.165) is 12.1 Å². The number of hydrogen-bond acceptors (Lipinski definition) is 0. The average Bonchev–Trinajstić information content (AvgIpc) is 2.90. The molecule has 0 nitrogen and oxygen atoms in total. The molecule has 26 heavy (non-hydrogen) atoms. The lowest BCUT2D eigenvalue weighted by Crippen LogP contribution is -2.50. The van der Waals surface area contributed by atoms with Gasteiger partial charge in [-0.2, -0.15) is 0 Å². The summed E-state index contributed by atoms with van der Waals surface area (Å²) >= 11 is 0. The fourth-order valence-corrected chi connectivity index (χ4v) is 4.71. The minimum atomic E-state index is -3.78. The second-order valence-electron chi connectivity index (χ2n) is 7.66. The van der Waals surface area contributed by atoms with Crippen molar-refractivity contribution >= 4 is 0 Å². The van der Waals surface area contributed by atoms with E-state index in [4.69, 9.17) is 0 Å². The third kappa shape index (κ3) is 3.01. The summed E-state index contributed by atoms with van der Waals surface area (Å²) < 4.78 is 99.2. The van der Waals surface area contributed by atoms with Crippen molar-refractivity contribution in [2.75, 3.05) is 0 Å². The van der Waals surface area contributed by atoms with Gasteiger partial charge in [0.25, 0.3) is 5.92 Å². The van der Waals surface area contributed by atoms with Crippen LogP contribution in [0.2, 0.25) is 0 Å². The van der Waals surface area contributed by atoms with Crippen LogP contribution in [-0.2, 0) is 0 Å². The third-order valence-electron chi connectivity index (χ3n) is 6.09. The van der Waals surface area contributed by atoms with Gasteiger partial charge in [-0.05, 0) is 61.6 Å². The second kappa shape index (κ2) is 6.71. The summed E-state index contributed by atoms with van der Waals surface area (Å²) in [5, 5.41) is 0. The fourth-order valence-electron chi connectivity index (χ4n) is 4.71. The van der Waals surface area contributed by atoms with E-state index in [2.05, 4.69) is 0 Å². The Morgan fingerprint density at radius 1 is 1.04 bits per heavy atom. The first-order valence-electron chi connectivity index (χ1n) is 8.96. The molecular formula is C19H21F7. The van der Waals surface area contributed by atoms with Crippen molar-refractivity contribution in [2.24, 2.45) is 11.8 Å². The Morgan fingerprint density at radius 2 is 1.65 bits per heavy atom. The molecule has 0 heterocycles. The molecule has 146 valence electrons. The molecule has 0 aliphatic heterocycles. The molecule has 3 rings (SSSR count). The number of alkyl halides is 4. The van der Waals surface area contributed by atoms with Crippen molar-refractivity contribution in [2.45, 2.75) is 69.1 Å². The van der Waals surface area contributed by atoms with E-state index in [-0.39, 0.29) is 31.2 Å². The zero-order valence-electron chi connectivity index (χ0n) is 14.4. The smallest absolute Gasteiger partial charge is 0.240 e. The fraction of sp³-hybridized carbons (Fsp3) is 0.684. The third-order valence-corrected chi connectivity index (χ3v) is 6.09. The minimum absolute atomic E-state index is 0.0103. The zero-order valence-corrected chi connectivity index (χ0v) is 14.4. The van der Waals surface area contributed by atoms with E-state index in [0.29, 0.717) is 6.42 Å². The first-order valence-corrected chi connectivity index (χ1v) is 8.96. The van der Waals surface area contributed by atoms with Crippen molar-refractivity contribution < 1.29 is 30.7 Å². The molecule has 0 saturated heterocycles. The van der Waals surface area contributed by atoms with E-state index in [9.17, 15) is 26.3 Å². The molecule has 1 aromatic carbocycles. The Kier molecular flexibility index (Phi) is 5.03. The van der Waals surface area contributed by atoms with Gasteiger partial charge in [-0.3, -0.25) is 0 Å². The molecule has 5 atom stereocenters. The van der Waals surface area contributed by atoms with Crippen molar-refractivity contribution in [3.05, 3.63) is 35.1 Å². The van der Waals surface area contributed by atoms with E-state index in [1.165, 1.54) is 0 Å². The van der Waals surface area contributed by atoms with Crippen molar-refractivity contribution in [1.82, 2.24) is 0 Å². The van der Waals surface area contributed by atoms with Crippen LogP contribution >= 0.6 is 0 Å². The van der Waals surface area contributed by atoms with Gasteiger partial charge in [0.05, 0.1) is 0 Å². The predicted molar refractivity (Wildman–Crippen MR) is 83.1 cm³/mol. The Balaban J connectivity index is 1.90. The van der Waals surface area contributed by atoms with Crippen LogP contribution in [0.25, 0.3) is 0 Å². The lowest BCUT2D eigenvalue weighted by molar-refractivity contribution is -0.163. The largest absolute Gasteiger partial charge is 0.284 e. The van der Waals surface area contributed by atoms with Gasteiger partial charge in [0.2, 0.25) is 0 Å². The maximum absolute atomic E-state index is 15.4. The first kappa shape index (κ1) is 19.5. The van der Waals surface area contributed by atoms with Gasteiger partial charge < -0.3 is 0 Å². The lowest BCUT2D eigenvalue weighted by Gasteiger charge is -2.34. The van der Waals surface area contributed by atoms with E-state index >= 15 is 4.39 Å². The second-order valence-corrected chi connectivity index (χ2v) is 7.66. The molecule has 0 bridgehead atoms. The molecule has 0 aromatic heterocycles.